The third-order valence-corrected chi connectivity index (χ3v) is 3.73. The number of hydrogen-bond acceptors (Lipinski definition) is 5. The quantitative estimate of drug-likeness (QED) is 0.735. The summed E-state index contributed by atoms with van der Waals surface area (Å²) >= 11 is 0. The van der Waals surface area contributed by atoms with E-state index in [1.165, 1.54) is 0 Å². The van der Waals surface area contributed by atoms with E-state index in [2.05, 4.69) is 5.32 Å². The molecular weight excluding hydrogens is 334 g/mol. The van der Waals surface area contributed by atoms with E-state index in [9.17, 15) is 9.59 Å². The molecule has 0 aliphatic rings. The molecule has 0 saturated carbocycles. The third-order valence-electron chi connectivity index (χ3n) is 3.73. The second kappa shape index (κ2) is 9.46. The van der Waals surface area contributed by atoms with Gasteiger partial charge in [0.25, 0.3) is 5.91 Å². The summed E-state index contributed by atoms with van der Waals surface area (Å²) in [5, 5.41) is 2.79. The van der Waals surface area contributed by atoms with Gasteiger partial charge in [-0.15, -0.1) is 0 Å². The molecule has 2 rings (SSSR count). The predicted octanol–water partition coefficient (Wildman–Crippen LogP) is 3.13. The summed E-state index contributed by atoms with van der Waals surface area (Å²) in [6.45, 7) is 3.95. The summed E-state index contributed by atoms with van der Waals surface area (Å²) in [6, 6.07) is 13.8. The number of nitrogens with one attached hydrogen (secondary N) is 1. The molecule has 0 bridgehead atoms. The van der Waals surface area contributed by atoms with Crippen molar-refractivity contribution in [2.24, 2.45) is 0 Å². The van der Waals surface area contributed by atoms with Crippen LogP contribution in [0.2, 0.25) is 0 Å². The molecule has 0 fully saturated rings. The van der Waals surface area contributed by atoms with E-state index in [-0.39, 0.29) is 18.6 Å². The zero-order valence-electron chi connectivity index (χ0n) is 15.2. The number of methoxy groups -OCH3 is 1. The Bertz CT molecular complexity index is 725. The van der Waals surface area contributed by atoms with Crippen molar-refractivity contribution in [3.63, 3.8) is 0 Å². The maximum Gasteiger partial charge on any atom is 0.338 e. The van der Waals surface area contributed by atoms with Crippen LogP contribution in [-0.2, 0) is 9.53 Å². The van der Waals surface area contributed by atoms with Crippen LogP contribution in [0.3, 0.4) is 0 Å². The van der Waals surface area contributed by atoms with Crippen LogP contribution in [0.25, 0.3) is 0 Å². The molecule has 26 heavy (non-hydrogen) atoms. The van der Waals surface area contributed by atoms with E-state index in [1.807, 2.05) is 38.1 Å². The van der Waals surface area contributed by atoms with Crippen LogP contribution in [0.1, 0.15) is 35.8 Å². The summed E-state index contributed by atoms with van der Waals surface area (Å²) in [5.74, 6) is 0.500. The van der Waals surface area contributed by atoms with Crippen LogP contribution in [-0.4, -0.2) is 32.2 Å². The van der Waals surface area contributed by atoms with Crippen molar-refractivity contribution in [1.82, 2.24) is 5.32 Å². The Balaban J connectivity index is 1.82. The lowest BCUT2D eigenvalue weighted by atomic mass is 10.1. The topological polar surface area (TPSA) is 73.9 Å². The van der Waals surface area contributed by atoms with Crippen molar-refractivity contribution in [2.75, 3.05) is 20.3 Å². The van der Waals surface area contributed by atoms with Gasteiger partial charge in [0.05, 0.1) is 25.3 Å². The van der Waals surface area contributed by atoms with Crippen LogP contribution >= 0.6 is 0 Å². The van der Waals surface area contributed by atoms with Gasteiger partial charge in [-0.2, -0.15) is 0 Å². The Morgan fingerprint density at radius 2 is 1.62 bits per heavy atom. The lowest BCUT2D eigenvalue weighted by Crippen LogP contribution is -2.31. The maximum absolute atomic E-state index is 12.0. The number of amides is 1. The van der Waals surface area contributed by atoms with Crippen LogP contribution in [0.4, 0.5) is 0 Å². The number of carbonyl (C=O) groups is 2. The second-order valence-corrected chi connectivity index (χ2v) is 5.60. The van der Waals surface area contributed by atoms with Gasteiger partial charge in [-0.05, 0) is 55.8 Å². The summed E-state index contributed by atoms with van der Waals surface area (Å²) in [7, 11) is 1.60. The summed E-state index contributed by atoms with van der Waals surface area (Å²) in [5.41, 5.74) is 1.29. The van der Waals surface area contributed by atoms with Crippen molar-refractivity contribution in [3.05, 3.63) is 59.7 Å². The van der Waals surface area contributed by atoms with Crippen molar-refractivity contribution in [3.8, 4) is 11.5 Å². The number of ether oxygens (including phenoxy) is 3. The zero-order chi connectivity index (χ0) is 18.9. The Hall–Kier alpha value is -3.02. The normalized spacial score (nSPS) is 11.3. The lowest BCUT2D eigenvalue weighted by Gasteiger charge is -2.15. The zero-order valence-corrected chi connectivity index (χ0v) is 15.2. The average molecular weight is 357 g/mol. The minimum absolute atomic E-state index is 0.211. The number of esters is 1. The van der Waals surface area contributed by atoms with Gasteiger partial charge < -0.3 is 19.5 Å². The van der Waals surface area contributed by atoms with Gasteiger partial charge in [-0.25, -0.2) is 4.79 Å². The lowest BCUT2D eigenvalue weighted by molar-refractivity contribution is -0.124. The first-order valence-electron chi connectivity index (χ1n) is 8.36. The monoisotopic (exact) mass is 357 g/mol. The van der Waals surface area contributed by atoms with E-state index < -0.39 is 5.97 Å². The minimum atomic E-state index is -0.555. The SMILES string of the molecule is CCOc1ccc(C(=O)OCC(=O)NC(C)c2ccc(OC)cc2)cc1. The van der Waals surface area contributed by atoms with Gasteiger partial charge in [-0.1, -0.05) is 12.1 Å². The molecule has 138 valence electrons. The fourth-order valence-corrected chi connectivity index (χ4v) is 2.33. The van der Waals surface area contributed by atoms with E-state index >= 15 is 0 Å². The van der Waals surface area contributed by atoms with Gasteiger partial charge in [0, 0.05) is 0 Å². The molecule has 1 unspecified atom stereocenters. The van der Waals surface area contributed by atoms with Crippen LogP contribution in [0, 0.1) is 0 Å². The van der Waals surface area contributed by atoms with Crippen molar-refractivity contribution >= 4 is 11.9 Å². The molecule has 2 aromatic rings. The molecule has 6 nitrogen and oxygen atoms in total. The van der Waals surface area contributed by atoms with Gasteiger partial charge in [0.15, 0.2) is 6.61 Å². The first kappa shape index (κ1) is 19.3. The summed E-state index contributed by atoms with van der Waals surface area (Å²) in [6.07, 6.45) is 0. The molecule has 0 heterocycles. The van der Waals surface area contributed by atoms with E-state index in [0.717, 1.165) is 11.3 Å². The molecule has 0 aliphatic heterocycles. The van der Waals surface area contributed by atoms with E-state index in [4.69, 9.17) is 14.2 Å². The standard InChI is InChI=1S/C20H23NO5/c1-4-25-18-11-7-16(8-12-18)20(23)26-13-19(22)21-14(2)15-5-9-17(24-3)10-6-15/h5-12,14H,4,13H2,1-3H3,(H,21,22). The van der Waals surface area contributed by atoms with Crippen LogP contribution in [0.15, 0.2) is 48.5 Å². The molecule has 0 spiro atoms. The maximum atomic E-state index is 12.0. The first-order valence-corrected chi connectivity index (χ1v) is 8.36. The summed E-state index contributed by atoms with van der Waals surface area (Å²) in [4.78, 5) is 24.0. The number of hydrogen-bond donors (Lipinski definition) is 1. The molecule has 0 aliphatic carbocycles. The van der Waals surface area contributed by atoms with Crippen molar-refractivity contribution in [2.45, 2.75) is 19.9 Å². The molecule has 1 amide bonds. The highest BCUT2D eigenvalue weighted by molar-refractivity contribution is 5.91. The Labute approximate surface area is 153 Å². The van der Waals surface area contributed by atoms with E-state index in [1.54, 1.807) is 31.4 Å². The van der Waals surface area contributed by atoms with Crippen LogP contribution < -0.4 is 14.8 Å². The molecule has 6 heteroatoms. The van der Waals surface area contributed by atoms with Gasteiger partial charge >= 0.3 is 5.97 Å². The minimum Gasteiger partial charge on any atom is -0.497 e. The van der Waals surface area contributed by atoms with Gasteiger partial charge in [-0.3, -0.25) is 4.79 Å². The number of carbonyl (C=O) groups excluding carboxylic acids is 2. The largest absolute Gasteiger partial charge is 0.497 e. The fraction of sp³-hybridized carbons (Fsp3) is 0.300. The third kappa shape index (κ3) is 5.51. The highest BCUT2D eigenvalue weighted by Crippen LogP contribution is 2.17. The fourth-order valence-electron chi connectivity index (χ4n) is 2.33. The van der Waals surface area contributed by atoms with Crippen LogP contribution in [0.5, 0.6) is 11.5 Å². The molecular formula is C20H23NO5. The highest BCUT2D eigenvalue weighted by Gasteiger charge is 2.13. The Morgan fingerprint density at radius 3 is 2.19 bits per heavy atom. The Kier molecular flexibility index (Phi) is 7.02. The van der Waals surface area contributed by atoms with Gasteiger partial charge in [0.2, 0.25) is 0 Å². The predicted molar refractivity (Wildman–Crippen MR) is 97.4 cm³/mol. The van der Waals surface area contributed by atoms with Crippen molar-refractivity contribution < 1.29 is 23.8 Å². The highest BCUT2D eigenvalue weighted by atomic mass is 16.5. The molecule has 0 aromatic heterocycles. The molecule has 0 saturated heterocycles. The Morgan fingerprint density at radius 1 is 1.00 bits per heavy atom. The number of benzene rings is 2. The molecule has 0 radical (unpaired) electrons. The average Bonchev–Trinajstić information content (AvgIpc) is 2.67. The summed E-state index contributed by atoms with van der Waals surface area (Å²) < 4.78 is 15.5. The second-order valence-electron chi connectivity index (χ2n) is 5.60. The van der Waals surface area contributed by atoms with Gasteiger partial charge in [0.1, 0.15) is 11.5 Å². The molecule has 2 aromatic carbocycles. The van der Waals surface area contributed by atoms with Crippen molar-refractivity contribution in [1.29, 1.82) is 0 Å². The number of rotatable bonds is 8. The first-order chi connectivity index (χ1) is 12.5. The molecule has 1 N–H and O–H groups in total. The molecule has 1 atom stereocenters. The van der Waals surface area contributed by atoms with E-state index in [0.29, 0.717) is 17.9 Å². The smallest absolute Gasteiger partial charge is 0.338 e.